The maximum Gasteiger partial charge on any atom is 0.331 e. The van der Waals surface area contributed by atoms with E-state index in [1.165, 1.54) is 0 Å². The van der Waals surface area contributed by atoms with Gasteiger partial charge in [-0.1, -0.05) is 13.8 Å². The van der Waals surface area contributed by atoms with E-state index in [2.05, 4.69) is 13.8 Å². The lowest BCUT2D eigenvalue weighted by atomic mass is 9.43. The third-order valence-electron chi connectivity index (χ3n) is 12.1. The van der Waals surface area contributed by atoms with Crippen molar-refractivity contribution in [2.45, 2.75) is 121 Å². The van der Waals surface area contributed by atoms with Crippen LogP contribution in [-0.2, 0) is 19.0 Å². The summed E-state index contributed by atoms with van der Waals surface area (Å²) in [4.78, 5) is 11.8. The molecule has 8 heteroatoms. The van der Waals surface area contributed by atoms with Gasteiger partial charge in [0.15, 0.2) is 6.29 Å². The molecule has 2 aliphatic heterocycles. The van der Waals surface area contributed by atoms with Gasteiger partial charge in [-0.3, -0.25) is 0 Å². The van der Waals surface area contributed by atoms with Crippen molar-refractivity contribution in [1.29, 1.82) is 0 Å². The molecule has 0 bridgehead atoms. The molecule has 37 heavy (non-hydrogen) atoms. The molecule has 1 unspecified atom stereocenters. The number of esters is 1. The smallest absolute Gasteiger partial charge is 0.331 e. The number of ether oxygens (including phenoxy) is 3. The average molecular weight is 521 g/mol. The third kappa shape index (κ3) is 3.80. The molecule has 0 radical (unpaired) electrons. The minimum Gasteiger partial charge on any atom is -0.458 e. The molecule has 0 aromatic rings. The van der Waals surface area contributed by atoms with Gasteiger partial charge in [0.05, 0.1) is 17.8 Å². The van der Waals surface area contributed by atoms with Crippen molar-refractivity contribution in [1.82, 2.24) is 0 Å². The van der Waals surface area contributed by atoms with Crippen molar-refractivity contribution < 1.29 is 39.4 Å². The lowest BCUT2D eigenvalue weighted by molar-refractivity contribution is -0.310. The fraction of sp³-hybridized carbons (Fsp3) is 0.897. The highest BCUT2D eigenvalue weighted by atomic mass is 16.7. The second-order valence-corrected chi connectivity index (χ2v) is 13.5. The van der Waals surface area contributed by atoms with E-state index in [1.807, 2.05) is 0 Å². The summed E-state index contributed by atoms with van der Waals surface area (Å²) in [6.07, 6.45) is 4.88. The van der Waals surface area contributed by atoms with Crippen LogP contribution in [0.5, 0.6) is 0 Å². The first-order chi connectivity index (χ1) is 17.5. The highest BCUT2D eigenvalue weighted by molar-refractivity contribution is 5.85. The Labute approximate surface area is 219 Å². The van der Waals surface area contributed by atoms with Gasteiger partial charge < -0.3 is 34.6 Å². The summed E-state index contributed by atoms with van der Waals surface area (Å²) in [5.74, 6) is 1.14. The molecular formula is C29H44O8. The molecule has 6 rings (SSSR count). The first-order valence-corrected chi connectivity index (χ1v) is 14.4. The molecule has 0 aromatic heterocycles. The summed E-state index contributed by atoms with van der Waals surface area (Å²) < 4.78 is 17.2. The molecule has 4 N–H and O–H groups in total. The number of hydrogen-bond donors (Lipinski definition) is 4. The molecule has 0 amide bonds. The van der Waals surface area contributed by atoms with Gasteiger partial charge >= 0.3 is 5.97 Å². The van der Waals surface area contributed by atoms with Crippen molar-refractivity contribution in [3.63, 3.8) is 0 Å². The van der Waals surface area contributed by atoms with E-state index in [0.29, 0.717) is 18.4 Å². The van der Waals surface area contributed by atoms with Gasteiger partial charge in [-0.2, -0.15) is 0 Å². The Bertz CT molecular complexity index is 952. The molecule has 208 valence electrons. The number of hydrogen-bond acceptors (Lipinski definition) is 8. The van der Waals surface area contributed by atoms with E-state index in [-0.39, 0.29) is 34.7 Å². The zero-order chi connectivity index (χ0) is 26.3. The monoisotopic (exact) mass is 520 g/mol. The summed E-state index contributed by atoms with van der Waals surface area (Å²) in [7, 11) is 0. The Morgan fingerprint density at radius 3 is 2.46 bits per heavy atom. The van der Waals surface area contributed by atoms with E-state index < -0.39 is 36.3 Å². The van der Waals surface area contributed by atoms with Gasteiger partial charge in [0.1, 0.15) is 24.9 Å². The van der Waals surface area contributed by atoms with Gasteiger partial charge in [-0.25, -0.2) is 4.79 Å². The first-order valence-electron chi connectivity index (χ1n) is 14.4. The number of cyclic esters (lactones) is 1. The number of aliphatic hydroxyl groups excluding tert-OH is 3. The minimum absolute atomic E-state index is 0.0661. The largest absolute Gasteiger partial charge is 0.458 e. The number of fused-ring (bicyclic) bond motifs is 5. The summed E-state index contributed by atoms with van der Waals surface area (Å²) in [5, 5.41) is 43.0. The highest BCUT2D eigenvalue weighted by Crippen LogP contribution is 2.70. The molecule has 2 heterocycles. The van der Waals surface area contributed by atoms with E-state index in [0.717, 1.165) is 63.4 Å². The summed E-state index contributed by atoms with van der Waals surface area (Å²) >= 11 is 0. The Balaban J connectivity index is 1.16. The lowest BCUT2D eigenvalue weighted by Crippen LogP contribution is -2.62. The molecule has 4 saturated carbocycles. The van der Waals surface area contributed by atoms with Crippen LogP contribution in [0.2, 0.25) is 0 Å². The van der Waals surface area contributed by atoms with Gasteiger partial charge in [0.2, 0.25) is 0 Å². The van der Waals surface area contributed by atoms with Crippen LogP contribution in [0.25, 0.3) is 0 Å². The van der Waals surface area contributed by atoms with Crippen LogP contribution in [0.4, 0.5) is 0 Å². The molecule has 1 saturated heterocycles. The molecule has 0 aromatic carbocycles. The van der Waals surface area contributed by atoms with E-state index in [1.54, 1.807) is 13.0 Å². The average Bonchev–Trinajstić information content (AvgIpc) is 3.41. The second-order valence-electron chi connectivity index (χ2n) is 13.5. The fourth-order valence-corrected chi connectivity index (χ4v) is 9.81. The quantitative estimate of drug-likeness (QED) is 0.330. The van der Waals surface area contributed by atoms with E-state index >= 15 is 0 Å². The van der Waals surface area contributed by atoms with Gasteiger partial charge in [-0.05, 0) is 99.4 Å². The molecule has 5 fully saturated rings. The summed E-state index contributed by atoms with van der Waals surface area (Å²) in [6.45, 7) is 6.73. The fourth-order valence-electron chi connectivity index (χ4n) is 9.81. The molecule has 8 nitrogen and oxygen atoms in total. The predicted octanol–water partition coefficient (Wildman–Crippen LogP) is 2.46. The highest BCUT2D eigenvalue weighted by Gasteiger charge is 2.67. The molecular weight excluding hydrogens is 476 g/mol. The van der Waals surface area contributed by atoms with Crippen LogP contribution in [0.3, 0.4) is 0 Å². The zero-order valence-corrected chi connectivity index (χ0v) is 22.3. The van der Waals surface area contributed by atoms with Crippen molar-refractivity contribution in [2.75, 3.05) is 6.61 Å². The third-order valence-corrected chi connectivity index (χ3v) is 12.1. The zero-order valence-electron chi connectivity index (χ0n) is 22.3. The standard InChI is InChI=1S/C29H44O8/c1-15-23(31)24(32)25(33)26(36-15)37-18-6-9-27(2)17(13-18)4-5-21-20(27)7-10-28(3)19(8-11-29(21,28)34)16-12-22(30)35-14-16/h12,15,17-21,23-26,31-34H,4-11,13-14H2,1-3H3/t15-,17-,18+,19-,20+,21-,23-,24+,25+,26-,27+,28-,29?/m1/s1. The van der Waals surface area contributed by atoms with Crippen LogP contribution < -0.4 is 0 Å². The summed E-state index contributed by atoms with van der Waals surface area (Å²) in [6, 6.07) is 0. The SMILES string of the molecule is C[C@H]1O[C@H](O[C@H]2CC[C@@]3(C)[C@H](CC[C@@H]4[C@@H]3CC[C@]3(C)[C@@H](C5=CC(=O)OC5)CCC43O)C2)[C@@H](O)[C@@H](O)[C@@H]1O. The maximum absolute atomic E-state index is 12.4. The van der Waals surface area contributed by atoms with Crippen molar-refractivity contribution >= 4 is 5.97 Å². The number of aliphatic hydroxyl groups is 4. The van der Waals surface area contributed by atoms with Crippen LogP contribution >= 0.6 is 0 Å². The number of carbonyl (C=O) groups excluding carboxylic acids is 1. The lowest BCUT2D eigenvalue weighted by Gasteiger charge is -2.64. The Morgan fingerprint density at radius 1 is 0.946 bits per heavy atom. The molecule has 6 aliphatic rings. The minimum atomic E-state index is -1.28. The maximum atomic E-state index is 12.4. The Hall–Kier alpha value is -1.03. The first kappa shape index (κ1) is 26.2. The normalized spacial score (nSPS) is 55.6. The van der Waals surface area contributed by atoms with Crippen molar-refractivity contribution in [3.8, 4) is 0 Å². The molecule has 13 atom stereocenters. The second kappa shape index (κ2) is 9.00. The van der Waals surface area contributed by atoms with Crippen LogP contribution in [0.15, 0.2) is 11.6 Å². The van der Waals surface area contributed by atoms with Crippen molar-refractivity contribution in [3.05, 3.63) is 11.6 Å². The van der Waals surface area contributed by atoms with Crippen LogP contribution in [-0.4, -0.2) is 75.4 Å². The molecule has 0 spiro atoms. The number of rotatable bonds is 3. The van der Waals surface area contributed by atoms with Crippen molar-refractivity contribution in [2.24, 2.45) is 34.5 Å². The predicted molar refractivity (Wildman–Crippen MR) is 133 cm³/mol. The van der Waals surface area contributed by atoms with E-state index in [4.69, 9.17) is 14.2 Å². The topological polar surface area (TPSA) is 126 Å². The Kier molecular flexibility index (Phi) is 6.37. The summed E-state index contributed by atoms with van der Waals surface area (Å²) in [5.41, 5.74) is 0.243. The van der Waals surface area contributed by atoms with Crippen LogP contribution in [0, 0.1) is 34.5 Å². The van der Waals surface area contributed by atoms with Gasteiger partial charge in [0, 0.05) is 11.5 Å². The van der Waals surface area contributed by atoms with Crippen LogP contribution in [0.1, 0.15) is 78.6 Å². The van der Waals surface area contributed by atoms with Gasteiger partial charge in [-0.15, -0.1) is 0 Å². The van der Waals surface area contributed by atoms with E-state index in [9.17, 15) is 25.2 Å². The Morgan fingerprint density at radius 2 is 1.73 bits per heavy atom. The molecule has 4 aliphatic carbocycles. The van der Waals surface area contributed by atoms with Gasteiger partial charge in [0.25, 0.3) is 0 Å². The number of carbonyl (C=O) groups is 1.